The van der Waals surface area contributed by atoms with Crippen LogP contribution in [0.25, 0.3) is 22.2 Å². The van der Waals surface area contributed by atoms with E-state index in [1.165, 1.54) is 12.3 Å². The van der Waals surface area contributed by atoms with E-state index in [0.717, 1.165) is 28.6 Å². The van der Waals surface area contributed by atoms with E-state index in [0.29, 0.717) is 36.6 Å². The Bertz CT molecular complexity index is 1170. The van der Waals surface area contributed by atoms with Gasteiger partial charge in [0.25, 0.3) is 5.56 Å². The number of alkyl halides is 1. The summed E-state index contributed by atoms with van der Waals surface area (Å²) < 4.78 is 20.3. The van der Waals surface area contributed by atoms with Crippen molar-refractivity contribution < 1.29 is 13.9 Å². The Morgan fingerprint density at radius 1 is 1.39 bits per heavy atom. The Kier molecular flexibility index (Phi) is 5.58. The van der Waals surface area contributed by atoms with Crippen LogP contribution in [0.15, 0.2) is 41.3 Å². The second-order valence-electron chi connectivity index (χ2n) is 8.87. The fourth-order valence-corrected chi connectivity index (χ4v) is 4.01. The molecule has 4 rings (SSSR count). The molecule has 3 N–H and O–H groups in total. The standard InChI is InChI=1S/C23H26FN4O3/c1-23(2,13-27-9-7-16(24)12-27)14-31-17-5-6-19-15(10-17)11-20(26-19)18-4-3-8-28(21(18)29)22(25)30/h4-6,8,10-11,16,26H,7,9,12-14H2,1-2H3,(H2,25,30)/t16-/m0/s1. The molecule has 0 aliphatic carbocycles. The lowest BCUT2D eigenvalue weighted by Gasteiger charge is -2.29. The third kappa shape index (κ3) is 4.64. The number of amides is 1. The first-order valence-electron chi connectivity index (χ1n) is 10.3. The molecule has 1 aliphatic rings. The summed E-state index contributed by atoms with van der Waals surface area (Å²) in [7, 11) is 0. The van der Waals surface area contributed by atoms with Crippen LogP contribution in [-0.4, -0.2) is 52.9 Å². The predicted molar refractivity (Wildman–Crippen MR) is 117 cm³/mol. The van der Waals surface area contributed by atoms with Gasteiger partial charge in [-0.2, -0.15) is 0 Å². The van der Waals surface area contributed by atoms with E-state index < -0.39 is 17.8 Å². The van der Waals surface area contributed by atoms with Gasteiger partial charge in [-0.1, -0.05) is 13.8 Å². The number of halogens is 1. The number of carbonyl (C=O) groups excluding carboxylic acids is 1. The molecular formula is C23H26FN4O3. The third-order valence-electron chi connectivity index (χ3n) is 5.50. The fraction of sp³-hybridized carbons (Fsp3) is 0.391. The normalized spacial score (nSPS) is 17.3. The molecule has 0 unspecified atom stereocenters. The van der Waals surface area contributed by atoms with E-state index in [1.54, 1.807) is 0 Å². The zero-order chi connectivity index (χ0) is 22.2. The Hall–Kier alpha value is -3.13. The van der Waals surface area contributed by atoms with Crippen LogP contribution in [0.4, 0.5) is 9.18 Å². The molecule has 1 aromatic carbocycles. The molecule has 1 radical (unpaired) electrons. The first-order valence-corrected chi connectivity index (χ1v) is 10.3. The van der Waals surface area contributed by atoms with Crippen LogP contribution in [0, 0.1) is 11.5 Å². The lowest BCUT2D eigenvalue weighted by molar-refractivity contribution is 0.125. The van der Waals surface area contributed by atoms with E-state index in [-0.39, 0.29) is 5.41 Å². The minimum atomic E-state index is -0.853. The molecule has 0 spiro atoms. The van der Waals surface area contributed by atoms with Gasteiger partial charge in [-0.15, -0.1) is 0 Å². The average Bonchev–Trinajstić information content (AvgIpc) is 3.31. The molecule has 163 valence electrons. The molecular weight excluding hydrogens is 399 g/mol. The van der Waals surface area contributed by atoms with Crippen LogP contribution in [0.3, 0.4) is 0 Å². The lowest BCUT2D eigenvalue weighted by Crippen LogP contribution is -2.36. The molecule has 1 amide bonds. The minimum absolute atomic E-state index is 0.123. The molecule has 3 aromatic rings. The van der Waals surface area contributed by atoms with Crippen molar-refractivity contribution in [1.82, 2.24) is 14.5 Å². The van der Waals surface area contributed by atoms with Crippen molar-refractivity contribution in [2.24, 2.45) is 11.1 Å². The highest BCUT2D eigenvalue weighted by atomic mass is 19.1. The van der Waals surface area contributed by atoms with Gasteiger partial charge in [-0.05, 0) is 36.8 Å². The van der Waals surface area contributed by atoms with Crippen molar-refractivity contribution in [2.45, 2.75) is 26.4 Å². The van der Waals surface area contributed by atoms with Crippen LogP contribution in [0.2, 0.25) is 0 Å². The van der Waals surface area contributed by atoms with E-state index in [9.17, 15) is 14.0 Å². The number of ether oxygens (including phenoxy) is 1. The maximum Gasteiger partial charge on any atom is 0.325 e. The maximum atomic E-state index is 13.4. The van der Waals surface area contributed by atoms with Crippen molar-refractivity contribution in [1.29, 1.82) is 0 Å². The monoisotopic (exact) mass is 425 g/mol. The summed E-state index contributed by atoms with van der Waals surface area (Å²) in [5, 5.41) is 0.874. The smallest absolute Gasteiger partial charge is 0.325 e. The number of H-pyrrole nitrogens is 1. The van der Waals surface area contributed by atoms with Crippen LogP contribution in [-0.2, 0) is 0 Å². The number of primary amides is 1. The highest BCUT2D eigenvalue weighted by molar-refractivity contribution is 5.87. The summed E-state index contributed by atoms with van der Waals surface area (Å²) in [6, 6.07) is 10.9. The molecule has 1 atom stereocenters. The van der Waals surface area contributed by atoms with Crippen LogP contribution >= 0.6 is 0 Å². The van der Waals surface area contributed by atoms with Crippen molar-refractivity contribution in [3.8, 4) is 17.0 Å². The second-order valence-corrected chi connectivity index (χ2v) is 8.87. The van der Waals surface area contributed by atoms with Crippen molar-refractivity contribution in [2.75, 3.05) is 26.2 Å². The maximum absolute atomic E-state index is 13.4. The summed E-state index contributed by atoms with van der Waals surface area (Å²) in [4.78, 5) is 29.2. The summed E-state index contributed by atoms with van der Waals surface area (Å²) in [5.41, 5.74) is 6.32. The number of hydrogen-bond donors (Lipinski definition) is 2. The number of aromatic amines is 1. The number of nitrogens with one attached hydrogen (secondary N) is 1. The molecule has 3 heterocycles. The SMILES string of the molecule is CC(C)(COc1ccc2[nH]c(-c3c[c]cn(C(N)=O)c3=O)cc2c1)CN1CC[C@H](F)C1. The Morgan fingerprint density at radius 2 is 2.19 bits per heavy atom. The van der Waals surface area contributed by atoms with E-state index >= 15 is 0 Å². The number of likely N-dealkylation sites (tertiary alicyclic amines) is 1. The van der Waals surface area contributed by atoms with Crippen molar-refractivity contribution in [3.05, 3.63) is 52.9 Å². The van der Waals surface area contributed by atoms with Gasteiger partial charge in [0.2, 0.25) is 0 Å². The van der Waals surface area contributed by atoms with Gasteiger partial charge in [0, 0.05) is 48.2 Å². The van der Waals surface area contributed by atoms with E-state index in [1.807, 2.05) is 24.3 Å². The van der Waals surface area contributed by atoms with Gasteiger partial charge in [0.05, 0.1) is 17.9 Å². The number of nitrogens with two attached hydrogens (primary N) is 1. The molecule has 1 aliphatic heterocycles. The number of nitrogens with zero attached hydrogens (tertiary/aromatic N) is 2. The first-order chi connectivity index (χ1) is 14.7. The number of benzene rings is 1. The fourth-order valence-electron chi connectivity index (χ4n) is 4.01. The highest BCUT2D eigenvalue weighted by Gasteiger charge is 2.28. The summed E-state index contributed by atoms with van der Waals surface area (Å²) in [6.07, 6.45) is 1.10. The average molecular weight is 425 g/mol. The first kappa shape index (κ1) is 21.1. The van der Waals surface area contributed by atoms with Gasteiger partial charge in [-0.3, -0.25) is 9.69 Å². The second kappa shape index (κ2) is 8.19. The molecule has 8 heteroatoms. The van der Waals surface area contributed by atoms with E-state index in [2.05, 4.69) is 29.8 Å². The zero-order valence-corrected chi connectivity index (χ0v) is 17.7. The third-order valence-corrected chi connectivity index (χ3v) is 5.50. The molecule has 31 heavy (non-hydrogen) atoms. The van der Waals surface area contributed by atoms with Gasteiger partial charge >= 0.3 is 6.03 Å². The summed E-state index contributed by atoms with van der Waals surface area (Å²) in [5.74, 6) is 0.713. The molecule has 0 bridgehead atoms. The van der Waals surface area contributed by atoms with Gasteiger partial charge < -0.3 is 15.5 Å². The Balaban J connectivity index is 1.50. The Morgan fingerprint density at radius 3 is 2.90 bits per heavy atom. The number of hydrogen-bond acceptors (Lipinski definition) is 4. The largest absolute Gasteiger partial charge is 0.493 e. The number of aromatic nitrogens is 2. The quantitative estimate of drug-likeness (QED) is 0.634. The molecule has 1 saturated heterocycles. The molecule has 1 fully saturated rings. The minimum Gasteiger partial charge on any atom is -0.493 e. The topological polar surface area (TPSA) is 93.3 Å². The number of rotatable bonds is 6. The lowest BCUT2D eigenvalue weighted by atomic mass is 9.94. The number of carbonyl (C=O) groups is 1. The predicted octanol–water partition coefficient (Wildman–Crippen LogP) is 3.17. The molecule has 2 aromatic heterocycles. The summed E-state index contributed by atoms with van der Waals surface area (Å²) >= 11 is 0. The van der Waals surface area contributed by atoms with Gasteiger partial charge in [0.15, 0.2) is 0 Å². The van der Waals surface area contributed by atoms with Gasteiger partial charge in [-0.25, -0.2) is 13.8 Å². The number of fused-ring (bicyclic) bond motifs is 1. The number of pyridine rings is 1. The Labute approximate surface area is 179 Å². The molecule has 7 nitrogen and oxygen atoms in total. The van der Waals surface area contributed by atoms with Crippen LogP contribution in [0.5, 0.6) is 5.75 Å². The van der Waals surface area contributed by atoms with Gasteiger partial charge in [0.1, 0.15) is 11.9 Å². The van der Waals surface area contributed by atoms with Crippen LogP contribution < -0.4 is 16.0 Å². The van der Waals surface area contributed by atoms with Crippen molar-refractivity contribution >= 4 is 16.9 Å². The highest BCUT2D eigenvalue weighted by Crippen LogP contribution is 2.28. The molecule has 0 saturated carbocycles. The van der Waals surface area contributed by atoms with Crippen molar-refractivity contribution in [3.63, 3.8) is 0 Å². The zero-order valence-electron chi connectivity index (χ0n) is 17.7. The van der Waals surface area contributed by atoms with Crippen LogP contribution in [0.1, 0.15) is 20.3 Å². The van der Waals surface area contributed by atoms with E-state index in [4.69, 9.17) is 10.5 Å². The summed E-state index contributed by atoms with van der Waals surface area (Å²) in [6.45, 7) is 6.79.